The van der Waals surface area contributed by atoms with Gasteiger partial charge in [0.05, 0.1) is 0 Å². The summed E-state index contributed by atoms with van der Waals surface area (Å²) in [6.45, 7) is 4.43. The van der Waals surface area contributed by atoms with Crippen molar-refractivity contribution >= 4 is 11.6 Å². The zero-order chi connectivity index (χ0) is 15.7. The van der Waals surface area contributed by atoms with Crippen LogP contribution in [-0.4, -0.2) is 11.6 Å². The summed E-state index contributed by atoms with van der Waals surface area (Å²) in [6, 6.07) is 0. The Hall–Kier alpha value is -0.920. The summed E-state index contributed by atoms with van der Waals surface area (Å²) in [5.74, 6) is 2.20. The van der Waals surface area contributed by atoms with Crippen LogP contribution in [0.1, 0.15) is 66.6 Å². The highest BCUT2D eigenvalue weighted by molar-refractivity contribution is 5.91. The van der Waals surface area contributed by atoms with E-state index in [0.29, 0.717) is 30.0 Å². The molecule has 0 amide bonds. The van der Waals surface area contributed by atoms with E-state index in [1.807, 2.05) is 6.08 Å². The summed E-state index contributed by atoms with van der Waals surface area (Å²) in [5.41, 5.74) is 1.00. The van der Waals surface area contributed by atoms with E-state index in [4.69, 9.17) is 1.37 Å². The third kappa shape index (κ3) is 1.71. The molecule has 3 saturated carbocycles. The second-order valence-corrected chi connectivity index (χ2v) is 8.16. The van der Waals surface area contributed by atoms with Crippen LogP contribution in [0.3, 0.4) is 0 Å². The van der Waals surface area contributed by atoms with Gasteiger partial charge in [0, 0.05) is 19.6 Å². The number of Topliss-reactive ketones (excluding diaryl/α,β-unsaturated/α-hetero) is 1. The average Bonchev–Trinajstić information content (AvgIpc) is 2.77. The quantitative estimate of drug-likeness (QED) is 0.672. The summed E-state index contributed by atoms with van der Waals surface area (Å²) in [5, 5.41) is 0. The second-order valence-electron chi connectivity index (χ2n) is 8.16. The Morgan fingerprint density at radius 2 is 1.81 bits per heavy atom. The number of ketones is 2. The molecule has 3 fully saturated rings. The maximum Gasteiger partial charge on any atom is 0.155 e. The topological polar surface area (TPSA) is 34.1 Å². The molecule has 0 saturated heterocycles. The van der Waals surface area contributed by atoms with Crippen LogP contribution < -0.4 is 0 Å². The van der Waals surface area contributed by atoms with Crippen molar-refractivity contribution in [1.82, 2.24) is 0 Å². The van der Waals surface area contributed by atoms with E-state index in [2.05, 4.69) is 13.8 Å². The predicted molar refractivity (Wildman–Crippen MR) is 81.7 cm³/mol. The first kappa shape index (κ1) is 12.6. The van der Waals surface area contributed by atoms with Crippen LogP contribution in [0.2, 0.25) is 0 Å². The minimum atomic E-state index is -0.297. The molecule has 21 heavy (non-hydrogen) atoms. The number of carbonyl (C=O) groups excluding carboxylic acids is 2. The third-order valence-electron chi connectivity index (χ3n) is 7.42. The van der Waals surface area contributed by atoms with Crippen molar-refractivity contribution in [3.05, 3.63) is 11.6 Å². The van der Waals surface area contributed by atoms with Crippen LogP contribution in [0.4, 0.5) is 0 Å². The summed E-state index contributed by atoms with van der Waals surface area (Å²) in [6.07, 6.45) is 7.86. The molecule has 0 N–H and O–H groups in total. The van der Waals surface area contributed by atoms with Gasteiger partial charge in [-0.25, -0.2) is 0 Å². The van der Waals surface area contributed by atoms with Crippen molar-refractivity contribution in [2.45, 2.75) is 65.2 Å². The first-order valence-electron chi connectivity index (χ1n) is 9.14. The largest absolute Gasteiger partial charge is 0.299 e. The molecule has 4 rings (SSSR count). The molecule has 0 spiro atoms. The Balaban J connectivity index is 1.73. The Bertz CT molecular complexity index is 580. The number of hydrogen-bond donors (Lipinski definition) is 0. The van der Waals surface area contributed by atoms with Gasteiger partial charge in [-0.05, 0) is 67.7 Å². The van der Waals surface area contributed by atoms with Crippen molar-refractivity contribution < 1.29 is 11.0 Å². The first-order chi connectivity index (χ1) is 10.4. The lowest BCUT2D eigenvalue weighted by Crippen LogP contribution is -2.50. The van der Waals surface area contributed by atoms with E-state index in [0.717, 1.165) is 38.5 Å². The van der Waals surface area contributed by atoms with Gasteiger partial charge in [0.1, 0.15) is 5.78 Å². The van der Waals surface area contributed by atoms with Gasteiger partial charge >= 0.3 is 0 Å². The molecule has 4 aliphatic carbocycles. The van der Waals surface area contributed by atoms with Crippen molar-refractivity contribution in [2.24, 2.45) is 28.6 Å². The molecule has 6 atom stereocenters. The van der Waals surface area contributed by atoms with Crippen molar-refractivity contribution in [2.75, 3.05) is 0 Å². The Morgan fingerprint density at radius 1 is 1.05 bits per heavy atom. The fourth-order valence-corrected chi connectivity index (χ4v) is 6.11. The number of carbonyl (C=O) groups is 2. The maximum absolute atomic E-state index is 12.4. The first-order valence-corrected chi connectivity index (χ1v) is 8.57. The van der Waals surface area contributed by atoms with Gasteiger partial charge in [0.25, 0.3) is 0 Å². The van der Waals surface area contributed by atoms with Crippen molar-refractivity contribution in [3.63, 3.8) is 0 Å². The van der Waals surface area contributed by atoms with Crippen LogP contribution in [0, 0.1) is 28.6 Å². The van der Waals surface area contributed by atoms with Crippen molar-refractivity contribution in [1.29, 1.82) is 0 Å². The Morgan fingerprint density at radius 3 is 2.62 bits per heavy atom. The van der Waals surface area contributed by atoms with Gasteiger partial charge in [-0.3, -0.25) is 9.59 Å². The average molecular weight is 287 g/mol. The molecule has 0 radical (unpaired) electrons. The molecule has 2 heteroatoms. The van der Waals surface area contributed by atoms with E-state index in [-0.39, 0.29) is 23.0 Å². The maximum atomic E-state index is 12.4. The smallest absolute Gasteiger partial charge is 0.155 e. The van der Waals surface area contributed by atoms with E-state index < -0.39 is 0 Å². The van der Waals surface area contributed by atoms with Gasteiger partial charge in [-0.15, -0.1) is 0 Å². The molecule has 0 unspecified atom stereocenters. The lowest BCUT2D eigenvalue weighted by atomic mass is 9.47. The van der Waals surface area contributed by atoms with Gasteiger partial charge in [-0.1, -0.05) is 19.4 Å². The molecule has 0 aliphatic heterocycles. The molecule has 0 aromatic rings. The van der Waals surface area contributed by atoms with Crippen LogP contribution in [0.5, 0.6) is 0 Å². The molecule has 114 valence electrons. The minimum Gasteiger partial charge on any atom is -0.299 e. The lowest BCUT2D eigenvalue weighted by Gasteiger charge is -2.56. The number of fused-ring (bicyclic) bond motifs is 5. The molecule has 4 aliphatic rings. The Kier molecular flexibility index (Phi) is 2.58. The van der Waals surface area contributed by atoms with E-state index >= 15 is 0 Å². The Labute approximate surface area is 128 Å². The van der Waals surface area contributed by atoms with E-state index in [1.165, 1.54) is 5.57 Å². The van der Waals surface area contributed by atoms with Crippen LogP contribution in [-0.2, 0) is 9.59 Å². The fourth-order valence-electron chi connectivity index (χ4n) is 6.11. The molecular weight excluding hydrogens is 260 g/mol. The highest BCUT2D eigenvalue weighted by atomic mass is 16.1. The molecule has 0 aromatic carbocycles. The lowest BCUT2D eigenvalue weighted by molar-refractivity contribution is -0.132. The van der Waals surface area contributed by atoms with Gasteiger partial charge in [0.15, 0.2) is 5.78 Å². The summed E-state index contributed by atoms with van der Waals surface area (Å²) < 4.78 is 8.60. The van der Waals surface area contributed by atoms with Crippen LogP contribution in [0.15, 0.2) is 11.6 Å². The highest BCUT2D eigenvalue weighted by Crippen LogP contribution is 2.64. The van der Waals surface area contributed by atoms with E-state index in [9.17, 15) is 9.59 Å². The summed E-state index contributed by atoms with van der Waals surface area (Å²) in [7, 11) is 0. The van der Waals surface area contributed by atoms with Gasteiger partial charge in [0.2, 0.25) is 0 Å². The minimum absolute atomic E-state index is 0.0965. The second kappa shape index (κ2) is 4.30. The van der Waals surface area contributed by atoms with Crippen LogP contribution in [0.25, 0.3) is 0 Å². The highest BCUT2D eigenvalue weighted by Gasteiger charge is 2.58. The van der Waals surface area contributed by atoms with Crippen molar-refractivity contribution in [3.8, 4) is 0 Å². The third-order valence-corrected chi connectivity index (χ3v) is 7.42. The van der Waals surface area contributed by atoms with Gasteiger partial charge < -0.3 is 0 Å². The molecule has 2 nitrogen and oxygen atoms in total. The SMILES string of the molecule is [2H][C@H]1CC(=O)C=C2CC[C@@H]3[C@H](CC[C@]4(C)C(=O)CC[C@@H]34)[C@]21C. The molecular formula is C19H26O2. The van der Waals surface area contributed by atoms with Gasteiger partial charge in [-0.2, -0.15) is 0 Å². The zero-order valence-electron chi connectivity index (χ0n) is 14.2. The number of rotatable bonds is 0. The summed E-state index contributed by atoms with van der Waals surface area (Å²) in [4.78, 5) is 24.2. The monoisotopic (exact) mass is 287 g/mol. The molecule has 0 aromatic heterocycles. The standard InChI is InChI=1S/C19H26O2/c1-18-9-7-13(20)11-12(18)3-4-14-15-5-6-17(21)19(15,2)10-8-16(14)18/h11,14-16H,3-10H2,1-2H3/t14-,15-,16-,18-,19-/m0/s1/i9D/t9-,14-,15-,16-,18-,19-. The summed E-state index contributed by atoms with van der Waals surface area (Å²) >= 11 is 0. The normalized spacial score (nSPS) is 53.4. The van der Waals surface area contributed by atoms with Crippen LogP contribution >= 0.6 is 0 Å². The number of hydrogen-bond acceptors (Lipinski definition) is 2. The number of allylic oxidation sites excluding steroid dienone is 1. The zero-order valence-corrected chi connectivity index (χ0v) is 13.2. The molecule has 0 heterocycles. The predicted octanol–water partition coefficient (Wildman–Crippen LogP) is 4.09. The fraction of sp³-hybridized carbons (Fsp3) is 0.789. The van der Waals surface area contributed by atoms with E-state index in [1.54, 1.807) is 0 Å². The molecule has 0 bridgehead atoms.